The first-order chi connectivity index (χ1) is 9.20. The smallest absolute Gasteiger partial charge is 0.182 e. The molecule has 0 bridgehead atoms. The standard InChI is InChI=1S/C13H17N5O/c1-14-8-7-10-5-3-4-6-11(10)12(19)9-13-15-17-18(2)16-13/h3-6,14H,7-9H2,1-2H3. The van der Waals surface area contributed by atoms with E-state index in [9.17, 15) is 4.79 Å². The third kappa shape index (κ3) is 3.45. The maximum absolute atomic E-state index is 12.3. The lowest BCUT2D eigenvalue weighted by Crippen LogP contribution is -2.14. The lowest BCUT2D eigenvalue weighted by atomic mass is 9.99. The number of carbonyl (C=O) groups is 1. The van der Waals surface area contributed by atoms with Crippen molar-refractivity contribution in [3.05, 3.63) is 41.2 Å². The quantitative estimate of drug-likeness (QED) is 0.760. The van der Waals surface area contributed by atoms with Crippen molar-refractivity contribution >= 4 is 5.78 Å². The van der Waals surface area contributed by atoms with Crippen molar-refractivity contribution < 1.29 is 4.79 Å². The first-order valence-corrected chi connectivity index (χ1v) is 6.19. The Kier molecular flexibility index (Phi) is 4.35. The second-order valence-electron chi connectivity index (χ2n) is 4.31. The van der Waals surface area contributed by atoms with Crippen molar-refractivity contribution in [2.75, 3.05) is 13.6 Å². The van der Waals surface area contributed by atoms with Crippen molar-refractivity contribution in [2.45, 2.75) is 12.8 Å². The van der Waals surface area contributed by atoms with Gasteiger partial charge in [0.25, 0.3) is 0 Å². The molecule has 0 atom stereocenters. The van der Waals surface area contributed by atoms with Crippen molar-refractivity contribution in [2.24, 2.45) is 7.05 Å². The van der Waals surface area contributed by atoms with Crippen molar-refractivity contribution in [3.63, 3.8) is 0 Å². The van der Waals surface area contributed by atoms with Crippen LogP contribution in [0.15, 0.2) is 24.3 Å². The van der Waals surface area contributed by atoms with Gasteiger partial charge in [-0.05, 0) is 30.8 Å². The van der Waals surface area contributed by atoms with Gasteiger partial charge in [-0.15, -0.1) is 10.2 Å². The van der Waals surface area contributed by atoms with E-state index in [1.54, 1.807) is 7.05 Å². The van der Waals surface area contributed by atoms with Crippen LogP contribution in [0.1, 0.15) is 21.7 Å². The molecule has 1 aromatic carbocycles. The summed E-state index contributed by atoms with van der Waals surface area (Å²) in [5, 5.41) is 14.7. The third-order valence-electron chi connectivity index (χ3n) is 2.83. The van der Waals surface area contributed by atoms with Gasteiger partial charge < -0.3 is 5.32 Å². The molecule has 0 fully saturated rings. The molecule has 2 rings (SSSR count). The van der Waals surface area contributed by atoms with E-state index in [-0.39, 0.29) is 12.2 Å². The SMILES string of the molecule is CNCCc1ccccc1C(=O)Cc1nnn(C)n1. The molecule has 0 amide bonds. The predicted molar refractivity (Wildman–Crippen MR) is 70.9 cm³/mol. The van der Waals surface area contributed by atoms with Crippen LogP contribution in [-0.2, 0) is 19.9 Å². The predicted octanol–water partition coefficient (Wildman–Crippen LogP) is 0.397. The molecule has 0 spiro atoms. The molecule has 0 saturated carbocycles. The van der Waals surface area contributed by atoms with Gasteiger partial charge in [-0.25, -0.2) is 0 Å². The Balaban J connectivity index is 2.14. The van der Waals surface area contributed by atoms with E-state index in [4.69, 9.17) is 0 Å². The van der Waals surface area contributed by atoms with E-state index in [2.05, 4.69) is 20.7 Å². The molecule has 6 nitrogen and oxygen atoms in total. The van der Waals surface area contributed by atoms with Crippen LogP contribution in [-0.4, -0.2) is 39.6 Å². The third-order valence-corrected chi connectivity index (χ3v) is 2.83. The number of nitrogens with zero attached hydrogens (tertiary/aromatic N) is 4. The summed E-state index contributed by atoms with van der Waals surface area (Å²) in [5.74, 6) is 0.482. The molecule has 0 radical (unpaired) electrons. The van der Waals surface area contributed by atoms with Gasteiger partial charge in [0.2, 0.25) is 0 Å². The van der Waals surface area contributed by atoms with E-state index in [1.807, 2.05) is 31.3 Å². The Morgan fingerprint density at radius 2 is 2.16 bits per heavy atom. The molecule has 0 aliphatic carbocycles. The van der Waals surface area contributed by atoms with Crippen LogP contribution in [0.25, 0.3) is 0 Å². The minimum atomic E-state index is 0.0275. The van der Waals surface area contributed by atoms with Crippen LogP contribution < -0.4 is 5.32 Å². The molecule has 0 aliphatic rings. The van der Waals surface area contributed by atoms with E-state index >= 15 is 0 Å². The fourth-order valence-electron chi connectivity index (χ4n) is 1.90. The maximum atomic E-state index is 12.3. The van der Waals surface area contributed by atoms with Crippen LogP contribution in [0.5, 0.6) is 0 Å². The molecule has 0 saturated heterocycles. The second-order valence-corrected chi connectivity index (χ2v) is 4.31. The topological polar surface area (TPSA) is 72.7 Å². The molecule has 2 aromatic rings. The van der Waals surface area contributed by atoms with E-state index in [0.717, 1.165) is 24.1 Å². The first kappa shape index (κ1) is 13.4. The lowest BCUT2D eigenvalue weighted by Gasteiger charge is -2.07. The normalized spacial score (nSPS) is 10.6. The van der Waals surface area contributed by atoms with Crippen LogP contribution in [0.3, 0.4) is 0 Å². The molecule has 6 heteroatoms. The van der Waals surface area contributed by atoms with E-state index < -0.39 is 0 Å². The monoisotopic (exact) mass is 259 g/mol. The Bertz CT molecular complexity index is 564. The maximum Gasteiger partial charge on any atom is 0.182 e. The zero-order valence-electron chi connectivity index (χ0n) is 11.1. The summed E-state index contributed by atoms with van der Waals surface area (Å²) in [7, 11) is 3.58. The molecule has 100 valence electrons. The number of aromatic nitrogens is 4. The zero-order chi connectivity index (χ0) is 13.7. The van der Waals surface area contributed by atoms with Crippen molar-refractivity contribution in [1.29, 1.82) is 0 Å². The summed E-state index contributed by atoms with van der Waals surface area (Å²) in [6, 6.07) is 7.65. The number of rotatable bonds is 6. The number of nitrogens with one attached hydrogen (secondary N) is 1. The van der Waals surface area contributed by atoms with Crippen LogP contribution >= 0.6 is 0 Å². The molecular weight excluding hydrogens is 242 g/mol. The number of aryl methyl sites for hydroxylation is 1. The number of hydrogen-bond donors (Lipinski definition) is 1. The van der Waals surface area contributed by atoms with Gasteiger partial charge in [0.1, 0.15) is 0 Å². The molecule has 0 aliphatic heterocycles. The summed E-state index contributed by atoms with van der Waals surface area (Å²) in [4.78, 5) is 13.6. The minimum absolute atomic E-state index is 0.0275. The molecular formula is C13H17N5O. The summed E-state index contributed by atoms with van der Waals surface area (Å²) >= 11 is 0. The van der Waals surface area contributed by atoms with Crippen LogP contribution in [0.4, 0.5) is 0 Å². The van der Waals surface area contributed by atoms with Crippen LogP contribution in [0.2, 0.25) is 0 Å². The number of hydrogen-bond acceptors (Lipinski definition) is 5. The van der Waals surface area contributed by atoms with Crippen LogP contribution in [0, 0.1) is 0 Å². The Hall–Kier alpha value is -2.08. The van der Waals surface area contributed by atoms with Gasteiger partial charge in [0.05, 0.1) is 13.5 Å². The summed E-state index contributed by atoms with van der Waals surface area (Å²) < 4.78 is 0. The highest BCUT2D eigenvalue weighted by Gasteiger charge is 2.14. The highest BCUT2D eigenvalue weighted by atomic mass is 16.1. The zero-order valence-corrected chi connectivity index (χ0v) is 11.1. The van der Waals surface area contributed by atoms with Gasteiger partial charge >= 0.3 is 0 Å². The largest absolute Gasteiger partial charge is 0.319 e. The molecule has 0 unspecified atom stereocenters. The molecule has 1 aromatic heterocycles. The molecule has 19 heavy (non-hydrogen) atoms. The van der Waals surface area contributed by atoms with Crippen molar-refractivity contribution in [1.82, 2.24) is 25.5 Å². The van der Waals surface area contributed by atoms with Gasteiger partial charge in [0.15, 0.2) is 11.6 Å². The minimum Gasteiger partial charge on any atom is -0.319 e. The Morgan fingerprint density at radius 1 is 1.37 bits per heavy atom. The fourth-order valence-corrected chi connectivity index (χ4v) is 1.90. The van der Waals surface area contributed by atoms with Gasteiger partial charge in [-0.1, -0.05) is 24.3 Å². The average molecular weight is 259 g/mol. The highest BCUT2D eigenvalue weighted by Crippen LogP contribution is 2.12. The highest BCUT2D eigenvalue weighted by molar-refractivity contribution is 5.98. The summed E-state index contributed by atoms with van der Waals surface area (Å²) in [5.41, 5.74) is 1.79. The summed E-state index contributed by atoms with van der Waals surface area (Å²) in [6.07, 6.45) is 1.01. The molecule has 1 N–H and O–H groups in total. The Morgan fingerprint density at radius 3 is 2.84 bits per heavy atom. The number of ketones is 1. The number of likely N-dealkylation sites (N-methyl/N-ethyl adjacent to an activating group) is 1. The number of Topliss-reactive ketones (excluding diaryl/α,β-unsaturated/α-hetero) is 1. The van der Waals surface area contributed by atoms with E-state index in [0.29, 0.717) is 5.82 Å². The van der Waals surface area contributed by atoms with Crippen molar-refractivity contribution in [3.8, 4) is 0 Å². The van der Waals surface area contributed by atoms with Gasteiger partial charge in [-0.3, -0.25) is 4.79 Å². The lowest BCUT2D eigenvalue weighted by molar-refractivity contribution is 0.0990. The van der Waals surface area contributed by atoms with Gasteiger partial charge in [0, 0.05) is 5.56 Å². The number of tetrazole rings is 1. The first-order valence-electron chi connectivity index (χ1n) is 6.19. The second kappa shape index (κ2) is 6.19. The fraction of sp³-hybridized carbons (Fsp3) is 0.385. The number of benzene rings is 1. The number of carbonyl (C=O) groups excluding carboxylic acids is 1. The Labute approximate surface area is 111 Å². The van der Waals surface area contributed by atoms with Gasteiger partial charge in [-0.2, -0.15) is 4.80 Å². The summed E-state index contributed by atoms with van der Waals surface area (Å²) in [6.45, 7) is 0.841. The van der Waals surface area contributed by atoms with E-state index in [1.165, 1.54) is 4.80 Å². The average Bonchev–Trinajstić information content (AvgIpc) is 2.82. The molecule has 1 heterocycles.